The van der Waals surface area contributed by atoms with Crippen molar-refractivity contribution in [3.05, 3.63) is 58.4 Å². The average Bonchev–Trinajstić information content (AvgIpc) is 3.43. The van der Waals surface area contributed by atoms with Crippen LogP contribution < -0.4 is 9.47 Å². The van der Waals surface area contributed by atoms with Gasteiger partial charge in [0.05, 0.1) is 5.92 Å². The summed E-state index contributed by atoms with van der Waals surface area (Å²) in [5.41, 5.74) is 1.49. The molecule has 5 rings (SSSR count). The van der Waals surface area contributed by atoms with Crippen molar-refractivity contribution in [1.29, 1.82) is 0 Å². The van der Waals surface area contributed by atoms with Crippen LogP contribution >= 0.6 is 15.9 Å². The predicted octanol–water partition coefficient (Wildman–Crippen LogP) is 4.25. The maximum absolute atomic E-state index is 13.0. The molecule has 0 N–H and O–H groups in total. The maximum atomic E-state index is 13.0. The number of ether oxygens (including phenoxy) is 2. The molecule has 2 aliphatic heterocycles. The Kier molecular flexibility index (Phi) is 4.71. The monoisotopic (exact) mass is 455 g/mol. The SMILES string of the molecule is O=C(c1ccc2c(c1)OCO2)N1CCCC(c2nc(-c3ccc(Br)cc3)no2)C1. The number of carbonyl (C=O) groups excluding carboxylic acids is 1. The molecule has 0 spiro atoms. The predicted molar refractivity (Wildman–Crippen MR) is 108 cm³/mol. The van der Waals surface area contributed by atoms with E-state index in [0.29, 0.717) is 41.9 Å². The maximum Gasteiger partial charge on any atom is 0.254 e. The molecule has 7 nitrogen and oxygen atoms in total. The van der Waals surface area contributed by atoms with Gasteiger partial charge in [0.1, 0.15) is 0 Å². The van der Waals surface area contributed by atoms with E-state index >= 15 is 0 Å². The van der Waals surface area contributed by atoms with Crippen LogP contribution in [0.2, 0.25) is 0 Å². The molecule has 1 amide bonds. The lowest BCUT2D eigenvalue weighted by Gasteiger charge is -2.31. The number of hydrogen-bond donors (Lipinski definition) is 0. The highest BCUT2D eigenvalue weighted by molar-refractivity contribution is 9.10. The minimum atomic E-state index is -0.0272. The number of nitrogens with zero attached hydrogens (tertiary/aromatic N) is 3. The zero-order valence-corrected chi connectivity index (χ0v) is 17.1. The van der Waals surface area contributed by atoms with E-state index in [1.165, 1.54) is 0 Å². The van der Waals surface area contributed by atoms with Crippen molar-refractivity contribution in [3.63, 3.8) is 0 Å². The fraction of sp³-hybridized carbons (Fsp3) is 0.286. The van der Waals surface area contributed by atoms with Crippen molar-refractivity contribution >= 4 is 21.8 Å². The van der Waals surface area contributed by atoms with Gasteiger partial charge in [-0.3, -0.25) is 4.79 Å². The number of rotatable bonds is 3. The molecule has 0 radical (unpaired) electrons. The number of hydrogen-bond acceptors (Lipinski definition) is 6. The van der Waals surface area contributed by atoms with Gasteiger partial charge >= 0.3 is 0 Å². The summed E-state index contributed by atoms with van der Waals surface area (Å²) >= 11 is 3.42. The highest BCUT2D eigenvalue weighted by Crippen LogP contribution is 2.34. The molecule has 3 aromatic rings. The van der Waals surface area contributed by atoms with Gasteiger partial charge in [-0.05, 0) is 55.3 Å². The molecule has 0 saturated carbocycles. The van der Waals surface area contributed by atoms with Crippen molar-refractivity contribution in [1.82, 2.24) is 15.0 Å². The third-order valence-corrected chi connectivity index (χ3v) is 5.75. The lowest BCUT2D eigenvalue weighted by molar-refractivity contribution is 0.0695. The minimum Gasteiger partial charge on any atom is -0.454 e. The summed E-state index contributed by atoms with van der Waals surface area (Å²) < 4.78 is 17.2. The number of benzene rings is 2. The van der Waals surface area contributed by atoms with Gasteiger partial charge in [0.25, 0.3) is 5.91 Å². The second-order valence-electron chi connectivity index (χ2n) is 7.12. The lowest BCUT2D eigenvalue weighted by Crippen LogP contribution is -2.39. The Morgan fingerprint density at radius 2 is 1.93 bits per heavy atom. The molecular weight excluding hydrogens is 438 g/mol. The van der Waals surface area contributed by atoms with Crippen LogP contribution in [-0.2, 0) is 0 Å². The van der Waals surface area contributed by atoms with Crippen molar-refractivity contribution in [3.8, 4) is 22.9 Å². The fourth-order valence-corrected chi connectivity index (χ4v) is 3.96. The molecular formula is C21H18BrN3O4. The standard InChI is InChI=1S/C21H18BrN3O4/c22-16-6-3-13(4-7-16)19-23-20(29-24-19)15-2-1-9-25(11-15)21(26)14-5-8-17-18(10-14)28-12-27-17/h3-8,10,15H,1-2,9,11-12H2. The number of halogens is 1. The molecule has 2 aliphatic rings. The molecule has 2 aromatic carbocycles. The van der Waals surface area contributed by atoms with E-state index in [9.17, 15) is 4.79 Å². The Bertz CT molecular complexity index is 1050. The molecule has 148 valence electrons. The van der Waals surface area contributed by atoms with Gasteiger partial charge in [-0.1, -0.05) is 21.1 Å². The Hall–Kier alpha value is -2.87. The smallest absolute Gasteiger partial charge is 0.254 e. The van der Waals surface area contributed by atoms with E-state index in [4.69, 9.17) is 14.0 Å². The molecule has 0 bridgehead atoms. The van der Waals surface area contributed by atoms with Gasteiger partial charge in [0.2, 0.25) is 18.5 Å². The fourth-order valence-electron chi connectivity index (χ4n) is 3.69. The van der Waals surface area contributed by atoms with Crippen molar-refractivity contribution < 1.29 is 18.8 Å². The molecule has 1 fully saturated rings. The normalized spacial score (nSPS) is 18.1. The first-order valence-corrected chi connectivity index (χ1v) is 10.2. The van der Waals surface area contributed by atoms with E-state index in [0.717, 1.165) is 22.9 Å². The van der Waals surface area contributed by atoms with Crippen LogP contribution in [0.4, 0.5) is 0 Å². The van der Waals surface area contributed by atoms with Gasteiger partial charge in [-0.25, -0.2) is 0 Å². The Morgan fingerprint density at radius 1 is 1.10 bits per heavy atom. The Labute approximate surface area is 175 Å². The molecule has 3 heterocycles. The highest BCUT2D eigenvalue weighted by atomic mass is 79.9. The van der Waals surface area contributed by atoms with Crippen LogP contribution in [-0.4, -0.2) is 40.8 Å². The quantitative estimate of drug-likeness (QED) is 0.587. The second kappa shape index (κ2) is 7.51. The van der Waals surface area contributed by atoms with E-state index in [2.05, 4.69) is 26.1 Å². The van der Waals surface area contributed by atoms with E-state index in [1.807, 2.05) is 29.2 Å². The average molecular weight is 456 g/mol. The number of aromatic nitrogens is 2. The summed E-state index contributed by atoms with van der Waals surface area (Å²) in [6.07, 6.45) is 1.80. The zero-order valence-electron chi connectivity index (χ0n) is 15.5. The Morgan fingerprint density at radius 3 is 2.79 bits per heavy atom. The number of piperidine rings is 1. The third kappa shape index (κ3) is 3.60. The molecule has 0 aliphatic carbocycles. The topological polar surface area (TPSA) is 77.7 Å². The minimum absolute atomic E-state index is 0.0263. The van der Waals surface area contributed by atoms with Crippen molar-refractivity contribution in [2.75, 3.05) is 19.9 Å². The van der Waals surface area contributed by atoms with E-state index < -0.39 is 0 Å². The van der Waals surface area contributed by atoms with Crippen LogP contribution in [0.3, 0.4) is 0 Å². The molecule has 1 saturated heterocycles. The first-order valence-electron chi connectivity index (χ1n) is 9.46. The zero-order chi connectivity index (χ0) is 19.8. The van der Waals surface area contributed by atoms with Gasteiger partial charge in [-0.2, -0.15) is 4.98 Å². The van der Waals surface area contributed by atoms with Crippen LogP contribution in [0.15, 0.2) is 51.5 Å². The van der Waals surface area contributed by atoms with Crippen LogP contribution in [0.25, 0.3) is 11.4 Å². The number of amides is 1. The first kappa shape index (κ1) is 18.2. The van der Waals surface area contributed by atoms with Gasteiger partial charge in [-0.15, -0.1) is 0 Å². The summed E-state index contributed by atoms with van der Waals surface area (Å²) in [5, 5.41) is 4.12. The van der Waals surface area contributed by atoms with Gasteiger partial charge < -0.3 is 18.9 Å². The van der Waals surface area contributed by atoms with E-state index in [1.54, 1.807) is 18.2 Å². The van der Waals surface area contributed by atoms with Crippen molar-refractivity contribution in [2.45, 2.75) is 18.8 Å². The van der Waals surface area contributed by atoms with Crippen LogP contribution in [0.1, 0.15) is 35.0 Å². The molecule has 1 aromatic heterocycles. The van der Waals surface area contributed by atoms with Crippen molar-refractivity contribution in [2.24, 2.45) is 0 Å². The summed E-state index contributed by atoms with van der Waals surface area (Å²) in [6.45, 7) is 1.45. The van der Waals surface area contributed by atoms with E-state index in [-0.39, 0.29) is 18.6 Å². The largest absolute Gasteiger partial charge is 0.454 e. The summed E-state index contributed by atoms with van der Waals surface area (Å²) in [4.78, 5) is 19.4. The van der Waals surface area contributed by atoms with Gasteiger partial charge in [0.15, 0.2) is 11.5 Å². The number of fused-ring (bicyclic) bond motifs is 1. The van der Waals surface area contributed by atoms with Gasteiger partial charge in [0, 0.05) is 28.7 Å². The lowest BCUT2D eigenvalue weighted by atomic mass is 9.97. The second-order valence-corrected chi connectivity index (χ2v) is 8.04. The Balaban J connectivity index is 1.32. The van der Waals surface area contributed by atoms with Crippen LogP contribution in [0, 0.1) is 0 Å². The number of likely N-dealkylation sites (tertiary alicyclic amines) is 1. The van der Waals surface area contributed by atoms with Crippen LogP contribution in [0.5, 0.6) is 11.5 Å². The molecule has 29 heavy (non-hydrogen) atoms. The molecule has 1 atom stereocenters. The summed E-state index contributed by atoms with van der Waals surface area (Å²) in [5.74, 6) is 2.42. The molecule has 8 heteroatoms. The summed E-state index contributed by atoms with van der Waals surface area (Å²) in [7, 11) is 0. The third-order valence-electron chi connectivity index (χ3n) is 5.22. The molecule has 1 unspecified atom stereocenters. The number of carbonyl (C=O) groups is 1. The highest BCUT2D eigenvalue weighted by Gasteiger charge is 2.30. The first-order chi connectivity index (χ1) is 14.2. The summed E-state index contributed by atoms with van der Waals surface area (Å²) in [6, 6.07) is 13.1.